The number of nitrogens with zero attached hydrogens (tertiary/aromatic N) is 4. The zero-order valence-electron chi connectivity index (χ0n) is 23.0. The van der Waals surface area contributed by atoms with Gasteiger partial charge in [0.2, 0.25) is 0 Å². The Balaban J connectivity index is 1.40. The molecule has 38 heavy (non-hydrogen) atoms. The quantitative estimate of drug-likeness (QED) is 0.345. The average molecular weight is 513 g/mol. The lowest BCUT2D eigenvalue weighted by Crippen LogP contribution is -2.53. The molecular formula is C31H40N6O. The third kappa shape index (κ3) is 5.68. The SMILES string of the molecule is CCNCCNc1ccc(Cc2ncc3c(n2)N(C2CCCCC2)C(=O)N(c2c(C)cccc2C)C3)cc1. The fraction of sp³-hybridized carbons (Fsp3) is 0.452. The average Bonchev–Trinajstić information content (AvgIpc) is 2.93. The van der Waals surface area contributed by atoms with E-state index >= 15 is 0 Å². The largest absolute Gasteiger partial charge is 0.384 e. The molecule has 2 amide bonds. The van der Waals surface area contributed by atoms with E-state index in [9.17, 15) is 4.79 Å². The lowest BCUT2D eigenvalue weighted by Gasteiger charge is -2.42. The van der Waals surface area contributed by atoms with Crippen molar-refractivity contribution in [3.05, 3.63) is 76.7 Å². The van der Waals surface area contributed by atoms with Crippen LogP contribution in [0.4, 0.5) is 22.0 Å². The van der Waals surface area contributed by atoms with E-state index < -0.39 is 0 Å². The van der Waals surface area contributed by atoms with E-state index in [0.29, 0.717) is 13.0 Å². The minimum atomic E-state index is 0.0411. The third-order valence-corrected chi connectivity index (χ3v) is 7.73. The number of carbonyl (C=O) groups is 1. The van der Waals surface area contributed by atoms with Gasteiger partial charge in [0.1, 0.15) is 11.6 Å². The first-order chi connectivity index (χ1) is 18.5. The molecule has 2 aliphatic rings. The van der Waals surface area contributed by atoms with Crippen LogP contribution in [0, 0.1) is 13.8 Å². The molecule has 200 valence electrons. The highest BCUT2D eigenvalue weighted by Crippen LogP contribution is 2.37. The molecule has 1 aliphatic heterocycles. The number of aryl methyl sites for hydroxylation is 2. The standard InChI is InChI=1S/C31H40N6O/c1-4-32-17-18-33-26-15-13-24(14-16-26)19-28-34-20-25-21-36(29-22(2)9-8-10-23(29)3)31(38)37(30(25)35-28)27-11-6-5-7-12-27/h8-10,13-16,20,27,32-33H,4-7,11-12,17-19,21H2,1-3H3. The van der Waals surface area contributed by atoms with Crippen molar-refractivity contribution in [2.45, 2.75) is 71.9 Å². The minimum Gasteiger partial charge on any atom is -0.384 e. The fourth-order valence-corrected chi connectivity index (χ4v) is 5.77. The van der Waals surface area contributed by atoms with Crippen LogP contribution in [-0.2, 0) is 13.0 Å². The van der Waals surface area contributed by atoms with Gasteiger partial charge >= 0.3 is 6.03 Å². The molecule has 0 unspecified atom stereocenters. The molecule has 0 atom stereocenters. The summed E-state index contributed by atoms with van der Waals surface area (Å²) in [6.45, 7) is 9.59. The van der Waals surface area contributed by atoms with Crippen LogP contribution in [0.15, 0.2) is 48.7 Å². The predicted octanol–water partition coefficient (Wildman–Crippen LogP) is 5.98. The number of anilines is 3. The van der Waals surface area contributed by atoms with Crippen molar-refractivity contribution >= 4 is 23.2 Å². The topological polar surface area (TPSA) is 73.4 Å². The third-order valence-electron chi connectivity index (χ3n) is 7.73. The summed E-state index contributed by atoms with van der Waals surface area (Å²) in [4.78, 5) is 27.8. The van der Waals surface area contributed by atoms with Crippen molar-refractivity contribution in [2.24, 2.45) is 0 Å². The first kappa shape index (κ1) is 26.2. The molecule has 0 radical (unpaired) electrons. The number of hydrogen-bond acceptors (Lipinski definition) is 5. The Morgan fingerprint density at radius 3 is 2.42 bits per heavy atom. The van der Waals surface area contributed by atoms with Gasteiger partial charge in [-0.05, 0) is 62.1 Å². The Morgan fingerprint density at radius 2 is 1.71 bits per heavy atom. The van der Waals surface area contributed by atoms with Crippen LogP contribution in [0.2, 0.25) is 0 Å². The molecule has 1 saturated carbocycles. The number of nitrogens with one attached hydrogen (secondary N) is 2. The highest BCUT2D eigenvalue weighted by Gasteiger charge is 2.38. The van der Waals surface area contributed by atoms with Crippen LogP contribution in [0.5, 0.6) is 0 Å². The number of hydrogen-bond donors (Lipinski definition) is 2. The highest BCUT2D eigenvalue weighted by molar-refractivity contribution is 6.06. The first-order valence-electron chi connectivity index (χ1n) is 14.1. The van der Waals surface area contributed by atoms with Crippen LogP contribution in [0.1, 0.15) is 67.1 Å². The molecule has 5 rings (SSSR count). The second kappa shape index (κ2) is 11.9. The summed E-state index contributed by atoms with van der Waals surface area (Å²) in [5.41, 5.74) is 6.52. The Morgan fingerprint density at radius 1 is 0.974 bits per heavy atom. The number of carbonyl (C=O) groups excluding carboxylic acids is 1. The molecule has 7 heteroatoms. The summed E-state index contributed by atoms with van der Waals surface area (Å²) in [7, 11) is 0. The normalized spacial score (nSPS) is 16.0. The number of benzene rings is 2. The van der Waals surface area contributed by atoms with E-state index in [0.717, 1.165) is 90.6 Å². The van der Waals surface area contributed by atoms with Gasteiger partial charge in [-0.25, -0.2) is 14.8 Å². The molecule has 1 aromatic heterocycles. The van der Waals surface area contributed by atoms with Crippen molar-refractivity contribution < 1.29 is 4.79 Å². The molecule has 1 aliphatic carbocycles. The maximum absolute atomic E-state index is 14.1. The predicted molar refractivity (Wildman–Crippen MR) is 155 cm³/mol. The Bertz CT molecular complexity index is 1230. The van der Waals surface area contributed by atoms with Crippen molar-refractivity contribution in [2.75, 3.05) is 34.8 Å². The van der Waals surface area contributed by atoms with Gasteiger partial charge in [0, 0.05) is 43.0 Å². The number of aromatic nitrogens is 2. The van der Waals surface area contributed by atoms with E-state index in [2.05, 4.69) is 73.9 Å². The van der Waals surface area contributed by atoms with Crippen molar-refractivity contribution in [3.8, 4) is 0 Å². The lowest BCUT2D eigenvalue weighted by molar-refractivity contribution is 0.244. The zero-order valence-corrected chi connectivity index (χ0v) is 23.0. The molecular weight excluding hydrogens is 472 g/mol. The molecule has 7 nitrogen and oxygen atoms in total. The van der Waals surface area contributed by atoms with Gasteiger partial charge in [0.15, 0.2) is 0 Å². The van der Waals surface area contributed by atoms with Gasteiger partial charge in [0.05, 0.1) is 12.2 Å². The van der Waals surface area contributed by atoms with Gasteiger partial charge in [0.25, 0.3) is 0 Å². The second-order valence-electron chi connectivity index (χ2n) is 10.6. The zero-order chi connectivity index (χ0) is 26.5. The first-order valence-corrected chi connectivity index (χ1v) is 14.1. The Kier molecular flexibility index (Phi) is 8.23. The van der Waals surface area contributed by atoms with Gasteiger partial charge < -0.3 is 10.6 Å². The van der Waals surface area contributed by atoms with Crippen LogP contribution in [0.3, 0.4) is 0 Å². The van der Waals surface area contributed by atoms with E-state index in [1.165, 1.54) is 6.42 Å². The number of rotatable bonds is 9. The van der Waals surface area contributed by atoms with Crippen LogP contribution >= 0.6 is 0 Å². The maximum atomic E-state index is 14.1. The molecule has 0 spiro atoms. The van der Waals surface area contributed by atoms with Gasteiger partial charge in [-0.15, -0.1) is 0 Å². The summed E-state index contributed by atoms with van der Waals surface area (Å²) in [6.07, 6.45) is 8.16. The van der Waals surface area contributed by atoms with E-state index in [-0.39, 0.29) is 12.1 Å². The molecule has 2 N–H and O–H groups in total. The van der Waals surface area contributed by atoms with Crippen LogP contribution in [-0.4, -0.2) is 41.7 Å². The molecule has 3 aromatic rings. The van der Waals surface area contributed by atoms with E-state index in [4.69, 9.17) is 9.97 Å². The summed E-state index contributed by atoms with van der Waals surface area (Å²) < 4.78 is 0. The summed E-state index contributed by atoms with van der Waals surface area (Å²) in [6, 6.07) is 14.9. The lowest BCUT2D eigenvalue weighted by atomic mass is 9.93. The summed E-state index contributed by atoms with van der Waals surface area (Å²) >= 11 is 0. The van der Waals surface area contributed by atoms with Gasteiger partial charge in [-0.2, -0.15) is 0 Å². The Labute approximate surface area is 226 Å². The molecule has 2 aromatic carbocycles. The number of fused-ring (bicyclic) bond motifs is 1. The van der Waals surface area contributed by atoms with Gasteiger partial charge in [-0.3, -0.25) is 9.80 Å². The molecule has 0 saturated heterocycles. The van der Waals surface area contributed by atoms with Crippen molar-refractivity contribution in [1.82, 2.24) is 15.3 Å². The summed E-state index contributed by atoms with van der Waals surface area (Å²) in [5.74, 6) is 1.56. The molecule has 1 fully saturated rings. The number of para-hydroxylation sites is 1. The molecule has 2 heterocycles. The smallest absolute Gasteiger partial charge is 0.330 e. The Hall–Kier alpha value is -3.45. The minimum absolute atomic E-state index is 0.0411. The monoisotopic (exact) mass is 512 g/mol. The number of urea groups is 1. The van der Waals surface area contributed by atoms with Crippen molar-refractivity contribution in [1.29, 1.82) is 0 Å². The van der Waals surface area contributed by atoms with Crippen LogP contribution < -0.4 is 20.4 Å². The number of amides is 2. The highest BCUT2D eigenvalue weighted by atomic mass is 16.2. The van der Waals surface area contributed by atoms with Gasteiger partial charge in [-0.1, -0.05) is 56.5 Å². The van der Waals surface area contributed by atoms with E-state index in [1.54, 1.807) is 0 Å². The number of likely N-dealkylation sites (N-methyl/N-ethyl adjacent to an activating group) is 1. The maximum Gasteiger partial charge on any atom is 0.330 e. The summed E-state index contributed by atoms with van der Waals surface area (Å²) in [5, 5.41) is 6.77. The van der Waals surface area contributed by atoms with Crippen molar-refractivity contribution in [3.63, 3.8) is 0 Å². The van der Waals surface area contributed by atoms with E-state index in [1.807, 2.05) is 16.0 Å². The second-order valence-corrected chi connectivity index (χ2v) is 10.6. The van der Waals surface area contributed by atoms with Crippen LogP contribution in [0.25, 0.3) is 0 Å². The fourth-order valence-electron chi connectivity index (χ4n) is 5.77. The molecule has 0 bridgehead atoms.